The van der Waals surface area contributed by atoms with Crippen molar-refractivity contribution in [1.82, 2.24) is 14.6 Å². The molecule has 0 aliphatic carbocycles. The van der Waals surface area contributed by atoms with Crippen LogP contribution in [0.25, 0.3) is 0 Å². The van der Waals surface area contributed by atoms with Crippen LogP contribution in [0, 0.1) is 5.82 Å². The van der Waals surface area contributed by atoms with E-state index in [1.165, 1.54) is 19.1 Å². The highest BCUT2D eigenvalue weighted by atomic mass is 31.2. The first-order valence-electron chi connectivity index (χ1n) is 11.4. The molecule has 6 atom stereocenters. The lowest BCUT2D eigenvalue weighted by molar-refractivity contribution is -0.149. The Hall–Kier alpha value is -2.94. The molecular weight excluding hydrogens is 533 g/mol. The van der Waals surface area contributed by atoms with Gasteiger partial charge in [-0.05, 0) is 32.9 Å². The van der Waals surface area contributed by atoms with Crippen LogP contribution in [-0.4, -0.2) is 69.0 Å². The van der Waals surface area contributed by atoms with Crippen LogP contribution >= 0.6 is 7.75 Å². The molecule has 1 aliphatic rings. The quantitative estimate of drug-likeness (QED) is 0.226. The van der Waals surface area contributed by atoms with Crippen LogP contribution in [-0.2, 0) is 23.4 Å². The van der Waals surface area contributed by atoms with Gasteiger partial charge in [0.2, 0.25) is 0 Å². The van der Waals surface area contributed by atoms with Crippen LogP contribution in [0.2, 0.25) is 0 Å². The van der Waals surface area contributed by atoms with Crippen molar-refractivity contribution in [3.63, 3.8) is 0 Å². The van der Waals surface area contributed by atoms with Crippen molar-refractivity contribution in [3.05, 3.63) is 52.8 Å². The summed E-state index contributed by atoms with van der Waals surface area (Å²) in [6.45, 7) is 2.18. The second kappa shape index (κ2) is 11.8. The number of aliphatic hydroxyl groups is 2. The number of carbonyl (C=O) groups excluding carboxylic acids is 1. The molecule has 13 nitrogen and oxygen atoms in total. The molecule has 0 radical (unpaired) electrons. The lowest BCUT2D eigenvalue weighted by Gasteiger charge is -2.28. The minimum absolute atomic E-state index is 0.0914. The van der Waals surface area contributed by atoms with Gasteiger partial charge in [0.25, 0.3) is 0 Å². The van der Waals surface area contributed by atoms with Crippen molar-refractivity contribution in [2.75, 3.05) is 19.0 Å². The molecule has 0 saturated carbocycles. The van der Waals surface area contributed by atoms with Crippen LogP contribution in [0.3, 0.4) is 0 Å². The summed E-state index contributed by atoms with van der Waals surface area (Å²) in [5.74, 6) is -2.56. The first-order chi connectivity index (χ1) is 17.8. The first kappa shape index (κ1) is 29.6. The van der Waals surface area contributed by atoms with Gasteiger partial charge in [0.05, 0.1) is 18.9 Å². The van der Waals surface area contributed by atoms with E-state index in [1.54, 1.807) is 32.0 Å². The summed E-state index contributed by atoms with van der Waals surface area (Å²) in [6.07, 6.45) is -5.51. The van der Waals surface area contributed by atoms with E-state index in [0.717, 1.165) is 0 Å². The summed E-state index contributed by atoms with van der Waals surface area (Å²) in [5, 5.41) is 23.8. The number of para-hydroxylation sites is 1. The summed E-state index contributed by atoms with van der Waals surface area (Å²) >= 11 is 0. The van der Waals surface area contributed by atoms with Crippen LogP contribution in [0.1, 0.15) is 27.0 Å². The number of halogens is 2. The standard InChI is InChI=1S/C22H29F2N4O9P/c1-12(2)35-19(30)13(3)27-38(33,37-14-7-5-4-6-8-14)34-10-16-17(29)22(32,11-23)20(36-16)28-9-15(24)18(25)26-21(28)31/h4-9,12-13,16-17,20,29,32H,10-11H2,1-3H3,(H,27,33)(H2,25,26,31)/t13-,16+,17?,20+,22+,38?/m0/s1. The molecule has 1 aromatic heterocycles. The maximum absolute atomic E-state index is 14.0. The normalized spacial score (nSPS) is 25.6. The van der Waals surface area contributed by atoms with Gasteiger partial charge in [-0.2, -0.15) is 10.1 Å². The molecule has 5 N–H and O–H groups in total. The summed E-state index contributed by atoms with van der Waals surface area (Å²) in [6, 6.07) is 6.59. The van der Waals surface area contributed by atoms with Gasteiger partial charge in [-0.1, -0.05) is 18.2 Å². The van der Waals surface area contributed by atoms with E-state index >= 15 is 0 Å². The number of carbonyl (C=O) groups is 1. The van der Waals surface area contributed by atoms with Crippen molar-refractivity contribution >= 4 is 19.5 Å². The number of alkyl halides is 1. The number of nitrogen functional groups attached to an aromatic ring is 1. The molecule has 1 saturated heterocycles. The number of nitrogens with one attached hydrogen (secondary N) is 1. The van der Waals surface area contributed by atoms with Crippen molar-refractivity contribution < 1.29 is 46.9 Å². The number of hydrogen-bond donors (Lipinski definition) is 4. The smallest absolute Gasteiger partial charge is 0.459 e. The van der Waals surface area contributed by atoms with Gasteiger partial charge in [-0.15, -0.1) is 0 Å². The molecule has 2 aromatic rings. The Morgan fingerprint density at radius 3 is 2.61 bits per heavy atom. The van der Waals surface area contributed by atoms with Gasteiger partial charge in [-0.3, -0.25) is 13.9 Å². The number of aliphatic hydroxyl groups excluding tert-OH is 1. The topological polar surface area (TPSA) is 184 Å². The van der Waals surface area contributed by atoms with Gasteiger partial charge >= 0.3 is 19.4 Å². The van der Waals surface area contributed by atoms with Gasteiger partial charge < -0.3 is 29.9 Å². The number of anilines is 1. The number of rotatable bonds is 11. The Kier molecular flexibility index (Phi) is 9.23. The fourth-order valence-corrected chi connectivity index (χ4v) is 5.04. The van der Waals surface area contributed by atoms with E-state index in [1.807, 2.05) is 0 Å². The first-order valence-corrected chi connectivity index (χ1v) is 13.0. The average Bonchev–Trinajstić information content (AvgIpc) is 3.10. The molecule has 16 heteroatoms. The number of esters is 1. The maximum Gasteiger partial charge on any atom is 0.459 e. The monoisotopic (exact) mass is 562 g/mol. The van der Waals surface area contributed by atoms with E-state index < -0.39 is 80.5 Å². The molecule has 210 valence electrons. The zero-order valence-electron chi connectivity index (χ0n) is 20.7. The molecule has 1 fully saturated rings. The molecule has 38 heavy (non-hydrogen) atoms. The van der Waals surface area contributed by atoms with Crippen LogP contribution in [0.5, 0.6) is 5.75 Å². The Morgan fingerprint density at radius 1 is 1.34 bits per heavy atom. The minimum Gasteiger partial charge on any atom is -0.462 e. The third-order valence-electron chi connectivity index (χ3n) is 5.43. The third-order valence-corrected chi connectivity index (χ3v) is 7.07. The third kappa shape index (κ3) is 6.54. The van der Waals surface area contributed by atoms with E-state index in [4.69, 9.17) is 24.3 Å². The molecule has 0 bridgehead atoms. The Bertz CT molecular complexity index is 1240. The highest BCUT2D eigenvalue weighted by Crippen LogP contribution is 2.47. The lowest BCUT2D eigenvalue weighted by Crippen LogP contribution is -2.50. The van der Waals surface area contributed by atoms with Crippen LogP contribution < -0.4 is 21.0 Å². The van der Waals surface area contributed by atoms with Crippen LogP contribution in [0.15, 0.2) is 41.3 Å². The Labute approximate surface area is 216 Å². The summed E-state index contributed by atoms with van der Waals surface area (Å²) in [4.78, 5) is 27.7. The van der Waals surface area contributed by atoms with Gasteiger partial charge in [0, 0.05) is 0 Å². The highest BCUT2D eigenvalue weighted by Gasteiger charge is 2.57. The second-order valence-corrected chi connectivity index (χ2v) is 10.5. The van der Waals surface area contributed by atoms with E-state index in [2.05, 4.69) is 10.1 Å². The summed E-state index contributed by atoms with van der Waals surface area (Å²) < 4.78 is 63.4. The average molecular weight is 562 g/mol. The molecule has 0 amide bonds. The van der Waals surface area contributed by atoms with Gasteiger partial charge in [0.1, 0.15) is 30.7 Å². The van der Waals surface area contributed by atoms with Gasteiger partial charge in [0.15, 0.2) is 23.5 Å². The van der Waals surface area contributed by atoms with E-state index in [-0.39, 0.29) is 5.75 Å². The number of ether oxygens (including phenoxy) is 2. The van der Waals surface area contributed by atoms with E-state index in [9.17, 15) is 33.1 Å². The van der Waals surface area contributed by atoms with Crippen molar-refractivity contribution in [1.29, 1.82) is 0 Å². The molecule has 2 unspecified atom stereocenters. The van der Waals surface area contributed by atoms with Gasteiger partial charge in [-0.25, -0.2) is 18.1 Å². The Morgan fingerprint density at radius 2 is 2.00 bits per heavy atom. The number of hydrogen-bond acceptors (Lipinski definition) is 11. The van der Waals surface area contributed by atoms with Crippen molar-refractivity contribution in [2.45, 2.75) is 57.0 Å². The fourth-order valence-electron chi connectivity index (χ4n) is 3.54. The Balaban J connectivity index is 1.84. The molecular formula is C22H29F2N4O9P. The fraction of sp³-hybridized carbons (Fsp3) is 0.500. The minimum atomic E-state index is -4.41. The molecule has 3 rings (SSSR count). The largest absolute Gasteiger partial charge is 0.462 e. The maximum atomic E-state index is 14.0. The van der Waals surface area contributed by atoms with Crippen molar-refractivity contribution in [2.24, 2.45) is 0 Å². The molecule has 1 aromatic carbocycles. The molecule has 2 heterocycles. The zero-order chi connectivity index (χ0) is 28.3. The summed E-state index contributed by atoms with van der Waals surface area (Å²) in [7, 11) is -4.41. The second-order valence-electron chi connectivity index (χ2n) is 8.79. The zero-order valence-corrected chi connectivity index (χ0v) is 21.6. The molecule has 0 spiro atoms. The molecule has 1 aliphatic heterocycles. The predicted octanol–water partition coefficient (Wildman–Crippen LogP) is 1.06. The van der Waals surface area contributed by atoms with Crippen LogP contribution in [0.4, 0.5) is 14.6 Å². The highest BCUT2D eigenvalue weighted by molar-refractivity contribution is 7.52. The SMILES string of the molecule is CC(C)OC(=O)[C@H](C)NP(=O)(OC[C@H]1O[C@@H](n2cc(F)c(N)nc2=O)[C@@](O)(CF)C1O)Oc1ccccc1. The predicted molar refractivity (Wildman–Crippen MR) is 128 cm³/mol. The number of nitrogens with zero attached hydrogens (tertiary/aromatic N) is 2. The van der Waals surface area contributed by atoms with E-state index in [0.29, 0.717) is 10.8 Å². The summed E-state index contributed by atoms with van der Waals surface area (Å²) in [5.41, 5.74) is 1.33. The number of aromatic nitrogens is 2. The van der Waals surface area contributed by atoms with Crippen molar-refractivity contribution in [3.8, 4) is 5.75 Å². The number of benzene rings is 1. The number of nitrogens with two attached hydrogens (primary N) is 1. The lowest BCUT2D eigenvalue weighted by atomic mass is 9.95.